The van der Waals surface area contributed by atoms with Crippen LogP contribution < -0.4 is 5.32 Å². The number of unbranched alkanes of at least 4 members (excludes halogenated alkanes) is 1. The van der Waals surface area contributed by atoms with E-state index in [1.165, 1.54) is 45.2 Å². The summed E-state index contributed by atoms with van der Waals surface area (Å²) in [5, 5.41) is 12.7. The van der Waals surface area contributed by atoms with Crippen LogP contribution in [-0.4, -0.2) is 35.6 Å². The van der Waals surface area contributed by atoms with Gasteiger partial charge in [-0.05, 0) is 78.2 Å². The molecule has 2 aliphatic carbocycles. The Morgan fingerprint density at radius 1 is 1.25 bits per heavy atom. The van der Waals surface area contributed by atoms with E-state index in [0.29, 0.717) is 6.04 Å². The number of nitrogens with zero attached hydrogens (tertiary/aromatic N) is 2. The summed E-state index contributed by atoms with van der Waals surface area (Å²) in [6.07, 6.45) is 9.08. The van der Waals surface area contributed by atoms with E-state index >= 15 is 0 Å². The zero-order valence-electron chi connectivity index (χ0n) is 13.5. The van der Waals surface area contributed by atoms with Gasteiger partial charge in [0.25, 0.3) is 0 Å². The molecule has 0 amide bonds. The largest absolute Gasteiger partial charge is 0.300 e. The minimum atomic E-state index is -0.352. The standard InChI is InChI=1S/C17H31N3/c1-14(2)19-17(3,13-18)10-4-5-11-20(16-8-9-16)12-15-6-7-15/h14-16,19H,4-12H2,1-3H3. The minimum Gasteiger partial charge on any atom is -0.300 e. The van der Waals surface area contributed by atoms with Crippen LogP contribution in [0.4, 0.5) is 0 Å². The molecule has 0 heterocycles. The zero-order valence-corrected chi connectivity index (χ0v) is 13.5. The van der Waals surface area contributed by atoms with Gasteiger partial charge in [-0.2, -0.15) is 5.26 Å². The number of hydrogen-bond donors (Lipinski definition) is 1. The highest BCUT2D eigenvalue weighted by atomic mass is 15.2. The normalized spacial score (nSPS) is 22.0. The fourth-order valence-corrected chi connectivity index (χ4v) is 3.09. The van der Waals surface area contributed by atoms with E-state index in [-0.39, 0.29) is 5.54 Å². The average Bonchev–Trinajstić information content (AvgIpc) is 3.25. The SMILES string of the molecule is CC(C)NC(C)(C#N)CCCCN(CC1CC1)C1CC1. The van der Waals surface area contributed by atoms with Crippen LogP contribution in [0.1, 0.15) is 65.7 Å². The Labute approximate surface area is 124 Å². The van der Waals surface area contributed by atoms with Gasteiger partial charge in [0.15, 0.2) is 0 Å². The second kappa shape index (κ2) is 6.91. The average molecular weight is 277 g/mol. The molecule has 0 saturated heterocycles. The van der Waals surface area contributed by atoms with Crippen molar-refractivity contribution in [1.29, 1.82) is 5.26 Å². The van der Waals surface area contributed by atoms with Crippen LogP contribution in [0.15, 0.2) is 0 Å². The predicted octanol–water partition coefficient (Wildman–Crippen LogP) is 3.31. The van der Waals surface area contributed by atoms with Gasteiger partial charge in [-0.25, -0.2) is 0 Å². The first-order valence-corrected chi connectivity index (χ1v) is 8.45. The molecule has 114 valence electrons. The first-order chi connectivity index (χ1) is 9.52. The minimum absolute atomic E-state index is 0.352. The van der Waals surface area contributed by atoms with Crippen LogP contribution in [0, 0.1) is 17.2 Å². The summed E-state index contributed by atoms with van der Waals surface area (Å²) in [4.78, 5) is 2.72. The van der Waals surface area contributed by atoms with E-state index in [4.69, 9.17) is 0 Å². The number of nitriles is 1. The van der Waals surface area contributed by atoms with Gasteiger partial charge >= 0.3 is 0 Å². The molecule has 1 atom stereocenters. The molecule has 0 spiro atoms. The molecule has 2 saturated carbocycles. The van der Waals surface area contributed by atoms with Crippen molar-refractivity contribution in [3.8, 4) is 6.07 Å². The molecule has 0 bridgehead atoms. The molecule has 1 unspecified atom stereocenters. The highest BCUT2D eigenvalue weighted by Gasteiger charge is 2.33. The van der Waals surface area contributed by atoms with Crippen molar-refractivity contribution in [3.63, 3.8) is 0 Å². The zero-order chi connectivity index (χ0) is 14.6. The first-order valence-electron chi connectivity index (χ1n) is 8.45. The highest BCUT2D eigenvalue weighted by Crippen LogP contribution is 2.35. The Morgan fingerprint density at radius 2 is 1.95 bits per heavy atom. The van der Waals surface area contributed by atoms with Crippen molar-refractivity contribution in [2.45, 2.75) is 83.3 Å². The molecule has 0 aromatic carbocycles. The molecular formula is C17H31N3. The van der Waals surface area contributed by atoms with Gasteiger partial charge in [-0.15, -0.1) is 0 Å². The van der Waals surface area contributed by atoms with E-state index < -0.39 is 0 Å². The lowest BCUT2D eigenvalue weighted by Gasteiger charge is -2.27. The molecule has 1 N–H and O–H groups in total. The van der Waals surface area contributed by atoms with Gasteiger partial charge in [0.1, 0.15) is 5.54 Å². The molecule has 0 radical (unpaired) electrons. The van der Waals surface area contributed by atoms with Crippen molar-refractivity contribution in [3.05, 3.63) is 0 Å². The lowest BCUT2D eigenvalue weighted by molar-refractivity contribution is 0.242. The molecule has 3 heteroatoms. The van der Waals surface area contributed by atoms with E-state index in [0.717, 1.165) is 24.8 Å². The Morgan fingerprint density at radius 3 is 2.45 bits per heavy atom. The van der Waals surface area contributed by atoms with Gasteiger partial charge in [-0.3, -0.25) is 5.32 Å². The Balaban J connectivity index is 1.64. The maximum Gasteiger partial charge on any atom is 0.104 e. The van der Waals surface area contributed by atoms with Crippen molar-refractivity contribution in [1.82, 2.24) is 10.2 Å². The first kappa shape index (κ1) is 15.8. The molecule has 0 aromatic rings. The van der Waals surface area contributed by atoms with Crippen LogP contribution in [-0.2, 0) is 0 Å². The second-order valence-electron chi connectivity index (χ2n) is 7.37. The molecule has 20 heavy (non-hydrogen) atoms. The summed E-state index contributed by atoms with van der Waals surface area (Å²) in [6, 6.07) is 3.72. The summed E-state index contributed by atoms with van der Waals surface area (Å²) < 4.78 is 0. The monoisotopic (exact) mass is 277 g/mol. The number of nitrogens with one attached hydrogen (secondary N) is 1. The van der Waals surface area contributed by atoms with E-state index in [9.17, 15) is 5.26 Å². The van der Waals surface area contributed by atoms with Crippen LogP contribution in [0.2, 0.25) is 0 Å². The lowest BCUT2D eigenvalue weighted by atomic mass is 9.95. The third-order valence-corrected chi connectivity index (χ3v) is 4.48. The van der Waals surface area contributed by atoms with Gasteiger partial charge in [-0.1, -0.05) is 0 Å². The summed E-state index contributed by atoms with van der Waals surface area (Å²) >= 11 is 0. The molecular weight excluding hydrogens is 246 g/mol. The molecule has 0 aromatic heterocycles. The van der Waals surface area contributed by atoms with Gasteiger partial charge < -0.3 is 4.90 Å². The van der Waals surface area contributed by atoms with Crippen molar-refractivity contribution >= 4 is 0 Å². The Bertz CT molecular complexity index is 339. The van der Waals surface area contributed by atoms with Crippen LogP contribution in [0.3, 0.4) is 0 Å². The number of rotatable bonds is 10. The lowest BCUT2D eigenvalue weighted by Crippen LogP contribution is -2.45. The molecule has 3 nitrogen and oxygen atoms in total. The van der Waals surface area contributed by atoms with Crippen molar-refractivity contribution < 1.29 is 0 Å². The van der Waals surface area contributed by atoms with Crippen LogP contribution in [0.25, 0.3) is 0 Å². The van der Waals surface area contributed by atoms with Crippen LogP contribution in [0.5, 0.6) is 0 Å². The van der Waals surface area contributed by atoms with E-state index in [1.807, 2.05) is 6.92 Å². The van der Waals surface area contributed by atoms with Gasteiger partial charge in [0, 0.05) is 18.6 Å². The maximum atomic E-state index is 9.35. The maximum absolute atomic E-state index is 9.35. The Kier molecular flexibility index (Phi) is 5.46. The highest BCUT2D eigenvalue weighted by molar-refractivity contribution is 5.04. The quantitative estimate of drug-likeness (QED) is 0.623. The molecule has 0 aliphatic heterocycles. The fourth-order valence-electron chi connectivity index (χ4n) is 3.09. The van der Waals surface area contributed by atoms with Crippen LogP contribution >= 0.6 is 0 Å². The topological polar surface area (TPSA) is 39.1 Å². The fraction of sp³-hybridized carbons (Fsp3) is 0.941. The molecule has 2 fully saturated rings. The van der Waals surface area contributed by atoms with E-state index in [2.05, 4.69) is 30.1 Å². The predicted molar refractivity (Wildman–Crippen MR) is 83.5 cm³/mol. The van der Waals surface area contributed by atoms with Crippen molar-refractivity contribution in [2.24, 2.45) is 5.92 Å². The smallest absolute Gasteiger partial charge is 0.104 e. The van der Waals surface area contributed by atoms with Gasteiger partial charge in [0.2, 0.25) is 0 Å². The Hall–Kier alpha value is -0.590. The third-order valence-electron chi connectivity index (χ3n) is 4.48. The number of hydrogen-bond acceptors (Lipinski definition) is 3. The van der Waals surface area contributed by atoms with Gasteiger partial charge in [0.05, 0.1) is 6.07 Å². The molecule has 2 aliphatic rings. The third kappa shape index (κ3) is 5.42. The van der Waals surface area contributed by atoms with Crippen molar-refractivity contribution in [2.75, 3.05) is 13.1 Å². The second-order valence-corrected chi connectivity index (χ2v) is 7.37. The summed E-state index contributed by atoms with van der Waals surface area (Å²) in [5.41, 5.74) is -0.352. The van der Waals surface area contributed by atoms with E-state index in [1.54, 1.807) is 0 Å². The summed E-state index contributed by atoms with van der Waals surface area (Å²) in [6.45, 7) is 8.84. The summed E-state index contributed by atoms with van der Waals surface area (Å²) in [7, 11) is 0. The summed E-state index contributed by atoms with van der Waals surface area (Å²) in [5.74, 6) is 1.00. The molecule has 2 rings (SSSR count).